The normalized spacial score (nSPS) is 9.82. The van der Waals surface area contributed by atoms with Gasteiger partial charge in [0.05, 0.1) is 6.61 Å². The Balaban J connectivity index is 3.23. The third-order valence-electron chi connectivity index (χ3n) is 0.929. The van der Waals surface area contributed by atoms with Crippen LogP contribution in [0, 0.1) is 5.92 Å². The van der Waals surface area contributed by atoms with Crippen molar-refractivity contribution >= 4 is 18.7 Å². The average Bonchev–Trinajstić information content (AvgIpc) is 1.97. The van der Waals surface area contributed by atoms with Gasteiger partial charge >= 0.3 is 6.09 Å². The molecule has 0 aliphatic rings. The molecule has 0 aromatic heterocycles. The molecule has 66 valence electrons. The van der Waals surface area contributed by atoms with E-state index in [2.05, 4.69) is 17.9 Å². The standard InChI is InChI=1S/C7H15NO2S/c1-6(2)5-10-7(9)8-3-4-11/h6,11H,3-5H2,1-2H3,(H,8,9). The quantitative estimate of drug-likeness (QED) is 0.635. The van der Waals surface area contributed by atoms with E-state index in [0.717, 1.165) is 0 Å². The number of ether oxygens (including phenoxy) is 1. The second-order valence-corrected chi connectivity index (χ2v) is 3.09. The van der Waals surface area contributed by atoms with Crippen molar-refractivity contribution in [3.8, 4) is 0 Å². The molecule has 4 heteroatoms. The summed E-state index contributed by atoms with van der Waals surface area (Å²) >= 11 is 3.93. The summed E-state index contributed by atoms with van der Waals surface area (Å²) in [6.07, 6.45) is -0.354. The number of hydrogen-bond acceptors (Lipinski definition) is 3. The zero-order chi connectivity index (χ0) is 8.69. The van der Waals surface area contributed by atoms with Crippen molar-refractivity contribution in [3.63, 3.8) is 0 Å². The van der Waals surface area contributed by atoms with Gasteiger partial charge in [0.25, 0.3) is 0 Å². The Morgan fingerprint density at radius 2 is 2.27 bits per heavy atom. The van der Waals surface area contributed by atoms with Gasteiger partial charge in [0, 0.05) is 12.3 Å². The van der Waals surface area contributed by atoms with Gasteiger partial charge in [-0.3, -0.25) is 0 Å². The average molecular weight is 177 g/mol. The maximum Gasteiger partial charge on any atom is 0.407 e. The molecule has 0 atom stereocenters. The third-order valence-corrected chi connectivity index (χ3v) is 1.15. The lowest BCUT2D eigenvalue weighted by molar-refractivity contribution is 0.133. The van der Waals surface area contributed by atoms with Gasteiger partial charge in [-0.25, -0.2) is 4.79 Å². The maximum absolute atomic E-state index is 10.7. The summed E-state index contributed by atoms with van der Waals surface area (Å²) in [5.74, 6) is 1.02. The van der Waals surface area contributed by atoms with Crippen LogP contribution in [0.4, 0.5) is 4.79 Å². The van der Waals surface area contributed by atoms with Crippen LogP contribution >= 0.6 is 12.6 Å². The minimum atomic E-state index is -0.354. The van der Waals surface area contributed by atoms with Crippen molar-refractivity contribution in [3.05, 3.63) is 0 Å². The molecular formula is C7H15NO2S. The van der Waals surface area contributed by atoms with Crippen LogP contribution in [-0.4, -0.2) is 25.0 Å². The Morgan fingerprint density at radius 1 is 1.64 bits per heavy atom. The first-order valence-corrected chi connectivity index (χ1v) is 4.31. The molecule has 0 heterocycles. The number of carbonyl (C=O) groups is 1. The predicted molar refractivity (Wildman–Crippen MR) is 48.0 cm³/mol. The summed E-state index contributed by atoms with van der Waals surface area (Å²) in [5.41, 5.74) is 0. The molecule has 0 fully saturated rings. The number of alkyl carbamates (subject to hydrolysis) is 1. The summed E-state index contributed by atoms with van der Waals surface area (Å²) in [5, 5.41) is 2.55. The minimum absolute atomic E-state index is 0.354. The predicted octanol–water partition coefficient (Wildman–Crippen LogP) is 1.30. The molecule has 1 amide bonds. The van der Waals surface area contributed by atoms with Gasteiger partial charge in [-0.1, -0.05) is 13.8 Å². The fourth-order valence-electron chi connectivity index (χ4n) is 0.451. The highest BCUT2D eigenvalue weighted by molar-refractivity contribution is 7.80. The zero-order valence-electron chi connectivity index (χ0n) is 6.96. The van der Waals surface area contributed by atoms with E-state index >= 15 is 0 Å². The van der Waals surface area contributed by atoms with E-state index in [-0.39, 0.29) is 6.09 Å². The van der Waals surface area contributed by atoms with Crippen molar-refractivity contribution in [1.29, 1.82) is 0 Å². The minimum Gasteiger partial charge on any atom is -0.449 e. The Kier molecular flexibility index (Phi) is 6.12. The Hall–Kier alpha value is -0.380. The Labute approximate surface area is 72.9 Å². The van der Waals surface area contributed by atoms with E-state index in [0.29, 0.717) is 24.8 Å². The highest BCUT2D eigenvalue weighted by Crippen LogP contribution is 1.91. The topological polar surface area (TPSA) is 38.3 Å². The van der Waals surface area contributed by atoms with E-state index in [9.17, 15) is 4.79 Å². The summed E-state index contributed by atoms with van der Waals surface area (Å²) in [6, 6.07) is 0. The molecule has 0 saturated carbocycles. The smallest absolute Gasteiger partial charge is 0.407 e. The number of thiol groups is 1. The third kappa shape index (κ3) is 7.52. The Morgan fingerprint density at radius 3 is 2.73 bits per heavy atom. The lowest BCUT2D eigenvalue weighted by atomic mass is 10.2. The van der Waals surface area contributed by atoms with E-state index in [4.69, 9.17) is 4.74 Å². The van der Waals surface area contributed by atoms with Gasteiger partial charge in [0.15, 0.2) is 0 Å². The molecule has 0 aliphatic carbocycles. The second-order valence-electron chi connectivity index (χ2n) is 2.64. The first-order chi connectivity index (χ1) is 5.16. The van der Waals surface area contributed by atoms with Crippen molar-refractivity contribution in [2.75, 3.05) is 18.9 Å². The first-order valence-electron chi connectivity index (χ1n) is 3.68. The number of amides is 1. The lowest BCUT2D eigenvalue weighted by Gasteiger charge is -2.07. The van der Waals surface area contributed by atoms with Crippen LogP contribution in [0.15, 0.2) is 0 Å². The van der Waals surface area contributed by atoms with Crippen LogP contribution in [0.25, 0.3) is 0 Å². The van der Waals surface area contributed by atoms with Crippen molar-refractivity contribution in [2.45, 2.75) is 13.8 Å². The maximum atomic E-state index is 10.7. The van der Waals surface area contributed by atoms with Gasteiger partial charge in [-0.15, -0.1) is 0 Å². The van der Waals surface area contributed by atoms with Crippen LogP contribution in [0.3, 0.4) is 0 Å². The zero-order valence-corrected chi connectivity index (χ0v) is 7.86. The van der Waals surface area contributed by atoms with Gasteiger partial charge < -0.3 is 10.1 Å². The molecule has 1 N–H and O–H groups in total. The van der Waals surface area contributed by atoms with Crippen LogP contribution < -0.4 is 5.32 Å². The SMILES string of the molecule is CC(C)COC(=O)NCCS. The van der Waals surface area contributed by atoms with Gasteiger partial charge in [-0.2, -0.15) is 12.6 Å². The summed E-state index contributed by atoms with van der Waals surface area (Å²) < 4.78 is 4.82. The van der Waals surface area contributed by atoms with E-state index in [1.165, 1.54) is 0 Å². The van der Waals surface area contributed by atoms with Crippen LogP contribution in [0.5, 0.6) is 0 Å². The largest absolute Gasteiger partial charge is 0.449 e. The first kappa shape index (κ1) is 10.6. The second kappa shape index (κ2) is 6.34. The molecule has 0 saturated heterocycles. The van der Waals surface area contributed by atoms with Gasteiger partial charge in [0.2, 0.25) is 0 Å². The highest BCUT2D eigenvalue weighted by atomic mass is 32.1. The van der Waals surface area contributed by atoms with E-state index < -0.39 is 0 Å². The van der Waals surface area contributed by atoms with Crippen molar-refractivity contribution in [1.82, 2.24) is 5.32 Å². The van der Waals surface area contributed by atoms with Crippen LogP contribution in [-0.2, 0) is 4.74 Å². The molecular weight excluding hydrogens is 162 g/mol. The molecule has 0 unspecified atom stereocenters. The van der Waals surface area contributed by atoms with Crippen molar-refractivity contribution < 1.29 is 9.53 Å². The molecule has 0 aliphatic heterocycles. The van der Waals surface area contributed by atoms with E-state index in [1.807, 2.05) is 13.8 Å². The monoisotopic (exact) mass is 177 g/mol. The molecule has 0 aromatic carbocycles. The molecule has 0 aromatic rings. The Bertz CT molecular complexity index is 117. The number of carbonyl (C=O) groups excluding carboxylic acids is 1. The molecule has 0 bridgehead atoms. The number of hydrogen-bond donors (Lipinski definition) is 2. The van der Waals surface area contributed by atoms with Crippen molar-refractivity contribution in [2.24, 2.45) is 5.92 Å². The lowest BCUT2D eigenvalue weighted by Crippen LogP contribution is -2.27. The molecule has 3 nitrogen and oxygen atoms in total. The number of rotatable bonds is 4. The summed E-state index contributed by atoms with van der Waals surface area (Å²) in [4.78, 5) is 10.7. The molecule has 0 spiro atoms. The molecule has 0 radical (unpaired) electrons. The van der Waals surface area contributed by atoms with Crippen LogP contribution in [0.2, 0.25) is 0 Å². The fraction of sp³-hybridized carbons (Fsp3) is 0.857. The molecule has 11 heavy (non-hydrogen) atoms. The molecule has 0 rings (SSSR count). The summed E-state index contributed by atoms with van der Waals surface area (Å²) in [7, 11) is 0. The van der Waals surface area contributed by atoms with Crippen LogP contribution in [0.1, 0.15) is 13.8 Å². The summed E-state index contributed by atoms with van der Waals surface area (Å²) in [6.45, 7) is 5.01. The highest BCUT2D eigenvalue weighted by Gasteiger charge is 2.00. The number of nitrogens with one attached hydrogen (secondary N) is 1. The van der Waals surface area contributed by atoms with E-state index in [1.54, 1.807) is 0 Å². The van der Waals surface area contributed by atoms with Gasteiger partial charge in [0.1, 0.15) is 0 Å². The van der Waals surface area contributed by atoms with Gasteiger partial charge in [-0.05, 0) is 5.92 Å². The fourth-order valence-corrected chi connectivity index (χ4v) is 0.563.